The molecule has 4 rings (SSSR count). The smallest absolute Gasteiger partial charge is 0.357 e. The Bertz CT molecular complexity index is 1250. The van der Waals surface area contributed by atoms with Crippen LogP contribution in [0.3, 0.4) is 0 Å². The molecule has 2 N–H and O–H groups in total. The number of aromatic nitrogens is 2. The maximum absolute atomic E-state index is 12.5. The Kier molecular flexibility index (Phi) is 5.70. The number of rotatable bonds is 5. The zero-order chi connectivity index (χ0) is 22.0. The molecule has 0 radical (unpaired) electrons. The van der Waals surface area contributed by atoms with Gasteiger partial charge in [-0.1, -0.05) is 29.8 Å². The van der Waals surface area contributed by atoms with Gasteiger partial charge in [0.05, 0.1) is 12.8 Å². The highest BCUT2D eigenvalue weighted by atomic mass is 16.5. The van der Waals surface area contributed by atoms with Gasteiger partial charge in [-0.3, -0.25) is 14.3 Å². The molecule has 1 aliphatic heterocycles. The summed E-state index contributed by atoms with van der Waals surface area (Å²) in [5.41, 5.74) is 1.30. The molecule has 0 spiro atoms. The second kappa shape index (κ2) is 8.59. The molecule has 2 heterocycles. The summed E-state index contributed by atoms with van der Waals surface area (Å²) in [5.74, 6) is -1.10. The number of aromatic amines is 1. The molecular formula is C23H23N3O5. The lowest BCUT2D eigenvalue weighted by atomic mass is 9.97. The standard InChI is InChI=1S/C23H23N3O5/c1-31-22(29)19-16(15-9-5-6-10-18(15)24-19)13-17-20(27)25-23(30)26(21(17)28)12-11-14-7-3-2-4-8-14/h5-7,9-10,13,28H,2-4,8,11-12H2,1H3,(H,25,27,30)/b16-13+. The lowest BCUT2D eigenvalue weighted by molar-refractivity contribution is -0.132. The third-order valence-corrected chi connectivity index (χ3v) is 5.60. The van der Waals surface area contributed by atoms with Crippen molar-refractivity contribution in [1.82, 2.24) is 9.55 Å². The van der Waals surface area contributed by atoms with Crippen molar-refractivity contribution in [2.45, 2.75) is 38.6 Å². The van der Waals surface area contributed by atoms with Gasteiger partial charge in [-0.15, -0.1) is 0 Å². The predicted octanol–water partition coefficient (Wildman–Crippen LogP) is 2.93. The summed E-state index contributed by atoms with van der Waals surface area (Å²) in [7, 11) is 1.25. The lowest BCUT2D eigenvalue weighted by Crippen LogP contribution is -2.31. The minimum absolute atomic E-state index is 0.0348. The fourth-order valence-electron chi connectivity index (χ4n) is 3.95. The van der Waals surface area contributed by atoms with E-state index in [-0.39, 0.29) is 17.8 Å². The van der Waals surface area contributed by atoms with Gasteiger partial charge < -0.3 is 9.84 Å². The maximum Gasteiger partial charge on any atom is 0.357 e. The van der Waals surface area contributed by atoms with Crippen molar-refractivity contribution in [2.75, 3.05) is 7.11 Å². The zero-order valence-corrected chi connectivity index (χ0v) is 17.2. The van der Waals surface area contributed by atoms with E-state index in [0.29, 0.717) is 23.2 Å². The molecule has 1 aromatic heterocycles. The van der Waals surface area contributed by atoms with Crippen molar-refractivity contribution in [3.8, 4) is 5.88 Å². The normalized spacial score (nSPS) is 16.6. The molecule has 0 unspecified atom stereocenters. The Labute approximate surface area is 178 Å². The van der Waals surface area contributed by atoms with Gasteiger partial charge in [-0.05, 0) is 44.2 Å². The number of nitrogens with zero attached hydrogens (tertiary/aromatic N) is 2. The van der Waals surface area contributed by atoms with Crippen LogP contribution in [-0.4, -0.2) is 33.4 Å². The van der Waals surface area contributed by atoms with Crippen LogP contribution in [0.25, 0.3) is 11.6 Å². The van der Waals surface area contributed by atoms with E-state index in [1.165, 1.54) is 18.8 Å². The molecule has 160 valence electrons. The summed E-state index contributed by atoms with van der Waals surface area (Å²) in [6.07, 6.45) is 8.45. The van der Waals surface area contributed by atoms with E-state index in [9.17, 15) is 19.5 Å². The monoisotopic (exact) mass is 421 g/mol. The molecule has 0 saturated heterocycles. The van der Waals surface area contributed by atoms with Gasteiger partial charge in [0.2, 0.25) is 5.88 Å². The highest BCUT2D eigenvalue weighted by Gasteiger charge is 2.28. The van der Waals surface area contributed by atoms with Crippen LogP contribution >= 0.6 is 0 Å². The summed E-state index contributed by atoms with van der Waals surface area (Å²) >= 11 is 0. The largest absolute Gasteiger partial charge is 0.494 e. The Hall–Kier alpha value is -3.68. The molecule has 0 atom stereocenters. The third-order valence-electron chi connectivity index (χ3n) is 5.60. The zero-order valence-electron chi connectivity index (χ0n) is 17.2. The van der Waals surface area contributed by atoms with Gasteiger partial charge >= 0.3 is 11.7 Å². The van der Waals surface area contributed by atoms with E-state index >= 15 is 0 Å². The molecule has 0 fully saturated rings. The number of hydrogen-bond donors (Lipinski definition) is 2. The van der Waals surface area contributed by atoms with Crippen LogP contribution in [0.2, 0.25) is 0 Å². The number of carbonyl (C=O) groups excluding carboxylic acids is 1. The first-order chi connectivity index (χ1) is 15.0. The van der Waals surface area contributed by atoms with Crippen LogP contribution in [0.15, 0.2) is 50.5 Å². The number of carbonyl (C=O) groups is 1. The summed E-state index contributed by atoms with van der Waals surface area (Å²) in [5, 5.41) is 10.8. The molecule has 0 amide bonds. The Morgan fingerprint density at radius 2 is 2.10 bits per heavy atom. The molecule has 1 aliphatic carbocycles. The van der Waals surface area contributed by atoms with Crippen LogP contribution in [0.5, 0.6) is 5.88 Å². The molecule has 8 nitrogen and oxygen atoms in total. The number of para-hydroxylation sites is 1. The minimum atomic E-state index is -0.739. The average Bonchev–Trinajstić information content (AvgIpc) is 3.15. The van der Waals surface area contributed by atoms with Crippen molar-refractivity contribution < 1.29 is 14.6 Å². The number of fused-ring (bicyclic) bond motifs is 1. The lowest BCUT2D eigenvalue weighted by Gasteiger charge is -2.15. The number of hydrogen-bond acceptors (Lipinski definition) is 6. The van der Waals surface area contributed by atoms with Crippen LogP contribution in [-0.2, 0) is 16.1 Å². The van der Waals surface area contributed by atoms with Crippen LogP contribution in [0, 0.1) is 0 Å². The SMILES string of the molecule is COC(=O)C1=Nc2ccccc2/C1=C\c1c(O)n(CCC2=CCCCC2)c(=O)[nH]c1=O. The number of aliphatic imine (C=N–C) groups is 1. The predicted molar refractivity (Wildman–Crippen MR) is 118 cm³/mol. The van der Waals surface area contributed by atoms with E-state index < -0.39 is 23.1 Å². The number of benzene rings is 1. The van der Waals surface area contributed by atoms with E-state index in [0.717, 1.165) is 30.3 Å². The number of methoxy groups -OCH3 is 1. The number of H-pyrrole nitrogens is 1. The Balaban J connectivity index is 1.77. The second-order valence-corrected chi connectivity index (χ2v) is 7.53. The van der Waals surface area contributed by atoms with E-state index in [4.69, 9.17) is 4.74 Å². The first kappa shape index (κ1) is 20.6. The maximum atomic E-state index is 12.5. The van der Waals surface area contributed by atoms with E-state index in [1.807, 2.05) is 0 Å². The molecule has 0 bridgehead atoms. The number of aromatic hydroxyl groups is 1. The van der Waals surface area contributed by atoms with E-state index in [2.05, 4.69) is 16.1 Å². The second-order valence-electron chi connectivity index (χ2n) is 7.53. The number of ether oxygens (including phenoxy) is 1. The highest BCUT2D eigenvalue weighted by Crippen LogP contribution is 2.36. The molecule has 1 aromatic carbocycles. The number of nitrogens with one attached hydrogen (secondary N) is 1. The Morgan fingerprint density at radius 1 is 1.29 bits per heavy atom. The first-order valence-corrected chi connectivity index (χ1v) is 10.2. The van der Waals surface area contributed by atoms with Crippen molar-refractivity contribution in [3.05, 3.63) is 67.9 Å². The average molecular weight is 421 g/mol. The molecule has 2 aromatic rings. The summed E-state index contributed by atoms with van der Waals surface area (Å²) in [6.45, 7) is 0.248. The van der Waals surface area contributed by atoms with Gasteiger partial charge in [0.1, 0.15) is 5.56 Å². The van der Waals surface area contributed by atoms with Crippen LogP contribution < -0.4 is 11.2 Å². The Morgan fingerprint density at radius 3 is 2.84 bits per heavy atom. The molecule has 8 heteroatoms. The minimum Gasteiger partial charge on any atom is -0.494 e. The van der Waals surface area contributed by atoms with Gasteiger partial charge in [-0.2, -0.15) is 0 Å². The fraction of sp³-hybridized carbons (Fsp3) is 0.304. The van der Waals surface area contributed by atoms with Crippen LogP contribution in [0.4, 0.5) is 5.69 Å². The summed E-state index contributed by atoms with van der Waals surface area (Å²) in [6, 6.07) is 7.06. The highest BCUT2D eigenvalue weighted by molar-refractivity contribution is 6.58. The topological polar surface area (TPSA) is 114 Å². The molecular weight excluding hydrogens is 398 g/mol. The molecule has 2 aliphatic rings. The first-order valence-electron chi connectivity index (χ1n) is 10.2. The van der Waals surface area contributed by atoms with Gasteiger partial charge in [0, 0.05) is 17.7 Å². The van der Waals surface area contributed by atoms with Crippen molar-refractivity contribution in [2.24, 2.45) is 4.99 Å². The van der Waals surface area contributed by atoms with Gasteiger partial charge in [-0.25, -0.2) is 14.6 Å². The summed E-state index contributed by atoms with van der Waals surface area (Å²) < 4.78 is 5.97. The quantitative estimate of drug-likeness (QED) is 0.569. The fourth-order valence-corrected chi connectivity index (χ4v) is 3.95. The van der Waals surface area contributed by atoms with Gasteiger partial charge in [0.25, 0.3) is 5.56 Å². The van der Waals surface area contributed by atoms with Crippen molar-refractivity contribution in [1.29, 1.82) is 0 Å². The number of esters is 1. The van der Waals surface area contributed by atoms with Gasteiger partial charge in [0.15, 0.2) is 5.71 Å². The van der Waals surface area contributed by atoms with Crippen molar-refractivity contribution >= 4 is 29.0 Å². The summed E-state index contributed by atoms with van der Waals surface area (Å²) in [4.78, 5) is 43.7. The molecule has 0 saturated carbocycles. The molecule has 31 heavy (non-hydrogen) atoms. The van der Waals surface area contributed by atoms with E-state index in [1.54, 1.807) is 24.3 Å². The third kappa shape index (κ3) is 4.01. The van der Waals surface area contributed by atoms with Crippen LogP contribution in [0.1, 0.15) is 43.2 Å². The van der Waals surface area contributed by atoms with Crippen molar-refractivity contribution in [3.63, 3.8) is 0 Å². The number of allylic oxidation sites excluding steroid dienone is 2.